The number of alkyl halides is 3. The van der Waals surface area contributed by atoms with Gasteiger partial charge < -0.3 is 0 Å². The van der Waals surface area contributed by atoms with Crippen molar-refractivity contribution in [2.75, 3.05) is 6.54 Å². The molecule has 2 aromatic carbocycles. The molecule has 22 heavy (non-hydrogen) atoms. The van der Waals surface area contributed by atoms with Gasteiger partial charge in [-0.15, -0.1) is 0 Å². The van der Waals surface area contributed by atoms with E-state index < -0.39 is 11.7 Å². The van der Waals surface area contributed by atoms with Crippen molar-refractivity contribution >= 4 is 11.8 Å². The maximum Gasteiger partial charge on any atom is 0.416 e. The van der Waals surface area contributed by atoms with E-state index in [0.29, 0.717) is 11.8 Å². The number of hydrogen-bond donors (Lipinski definition) is 1. The van der Waals surface area contributed by atoms with Crippen molar-refractivity contribution in [3.8, 4) is 11.1 Å². The molecule has 116 valence electrons. The van der Waals surface area contributed by atoms with E-state index >= 15 is 0 Å². The first kappa shape index (κ1) is 15.4. The summed E-state index contributed by atoms with van der Waals surface area (Å²) >= 11 is 5.55. The fraction of sp³-hybridized carbons (Fsp3) is 0.294. The lowest BCUT2D eigenvalue weighted by atomic mass is 9.95. The highest BCUT2D eigenvalue weighted by molar-refractivity contribution is 6.13. The van der Waals surface area contributed by atoms with E-state index in [1.54, 1.807) is 12.1 Å². The minimum Gasteiger partial charge on any atom is -0.233 e. The molecule has 0 bridgehead atoms. The molecule has 2 unspecified atom stereocenters. The maximum absolute atomic E-state index is 12.7. The van der Waals surface area contributed by atoms with E-state index in [9.17, 15) is 13.2 Å². The van der Waals surface area contributed by atoms with Crippen molar-refractivity contribution in [3.05, 3.63) is 59.7 Å². The highest BCUT2D eigenvalue weighted by Crippen LogP contribution is 2.50. The first-order valence-electron chi connectivity index (χ1n) is 7.10. The summed E-state index contributed by atoms with van der Waals surface area (Å²) in [6, 6.07) is 13.2. The molecule has 1 N–H and O–H groups in total. The van der Waals surface area contributed by atoms with Crippen LogP contribution in [0.1, 0.15) is 23.5 Å². The van der Waals surface area contributed by atoms with Crippen molar-refractivity contribution in [2.24, 2.45) is 5.92 Å². The van der Waals surface area contributed by atoms with Crippen molar-refractivity contribution in [1.82, 2.24) is 4.84 Å². The predicted molar refractivity (Wildman–Crippen MR) is 81.6 cm³/mol. The van der Waals surface area contributed by atoms with Gasteiger partial charge in [0.1, 0.15) is 0 Å². The highest BCUT2D eigenvalue weighted by Gasteiger charge is 2.39. The average molecular weight is 326 g/mol. The number of hydrogen-bond acceptors (Lipinski definition) is 1. The molecule has 1 aliphatic carbocycles. The summed E-state index contributed by atoms with van der Waals surface area (Å²) in [5, 5.41) is 0. The van der Waals surface area contributed by atoms with Gasteiger partial charge in [-0.25, -0.2) is 4.84 Å². The normalized spacial score (nSPS) is 20.9. The topological polar surface area (TPSA) is 12.0 Å². The molecule has 0 spiro atoms. The van der Waals surface area contributed by atoms with Crippen LogP contribution in [0.5, 0.6) is 0 Å². The van der Waals surface area contributed by atoms with Gasteiger partial charge in [0.2, 0.25) is 0 Å². The van der Waals surface area contributed by atoms with E-state index in [1.807, 2.05) is 24.3 Å². The summed E-state index contributed by atoms with van der Waals surface area (Å²) in [7, 11) is 0. The third-order valence-electron chi connectivity index (χ3n) is 4.15. The first-order chi connectivity index (χ1) is 10.5. The van der Waals surface area contributed by atoms with Gasteiger partial charge in [0.15, 0.2) is 0 Å². The van der Waals surface area contributed by atoms with Crippen molar-refractivity contribution < 1.29 is 13.2 Å². The van der Waals surface area contributed by atoms with Crippen LogP contribution in [0.3, 0.4) is 0 Å². The van der Waals surface area contributed by atoms with E-state index in [2.05, 4.69) is 4.84 Å². The Labute approximate surface area is 132 Å². The van der Waals surface area contributed by atoms with Crippen LogP contribution in [0, 0.1) is 5.92 Å². The Morgan fingerprint density at radius 2 is 1.73 bits per heavy atom. The third kappa shape index (κ3) is 3.13. The zero-order chi connectivity index (χ0) is 15.7. The van der Waals surface area contributed by atoms with E-state index in [4.69, 9.17) is 11.8 Å². The Hall–Kier alpha value is -1.52. The van der Waals surface area contributed by atoms with E-state index in [-0.39, 0.29) is 0 Å². The van der Waals surface area contributed by atoms with Crippen LogP contribution >= 0.6 is 11.8 Å². The SMILES string of the molecule is FC(F)(F)c1ccc(-c2ccccc2C2CC2CNCl)cc1. The van der Waals surface area contributed by atoms with Crippen LogP contribution in [-0.4, -0.2) is 6.54 Å². The number of rotatable bonds is 4. The molecule has 2 aromatic rings. The minimum absolute atomic E-state index is 0.421. The molecule has 0 amide bonds. The first-order valence-corrected chi connectivity index (χ1v) is 7.48. The summed E-state index contributed by atoms with van der Waals surface area (Å²) in [4.78, 5) is 2.66. The van der Waals surface area contributed by atoms with Crippen molar-refractivity contribution in [2.45, 2.75) is 18.5 Å². The smallest absolute Gasteiger partial charge is 0.233 e. The Morgan fingerprint density at radius 3 is 2.36 bits per heavy atom. The fourth-order valence-corrected chi connectivity index (χ4v) is 3.07. The average Bonchev–Trinajstić information content (AvgIpc) is 3.26. The summed E-state index contributed by atoms with van der Waals surface area (Å²) < 4.78 is 38.0. The second-order valence-corrected chi connectivity index (χ2v) is 5.87. The van der Waals surface area contributed by atoms with Gasteiger partial charge in [0, 0.05) is 6.54 Å². The van der Waals surface area contributed by atoms with Gasteiger partial charge in [0.25, 0.3) is 0 Å². The van der Waals surface area contributed by atoms with Crippen molar-refractivity contribution in [1.29, 1.82) is 0 Å². The monoisotopic (exact) mass is 325 g/mol. The van der Waals surface area contributed by atoms with Crippen LogP contribution in [0.15, 0.2) is 48.5 Å². The molecule has 1 saturated carbocycles. The maximum atomic E-state index is 12.7. The number of halogens is 4. The molecular formula is C17H15ClF3N. The van der Waals surface area contributed by atoms with E-state index in [0.717, 1.165) is 36.2 Å². The zero-order valence-electron chi connectivity index (χ0n) is 11.7. The Balaban J connectivity index is 1.89. The number of benzene rings is 2. The highest BCUT2D eigenvalue weighted by atomic mass is 35.5. The van der Waals surface area contributed by atoms with Crippen LogP contribution in [0.25, 0.3) is 11.1 Å². The molecule has 1 nitrogen and oxygen atoms in total. The molecule has 0 saturated heterocycles. The lowest BCUT2D eigenvalue weighted by Crippen LogP contribution is -2.05. The van der Waals surface area contributed by atoms with Crippen LogP contribution in [-0.2, 0) is 6.18 Å². The predicted octanol–water partition coefficient (Wildman–Crippen LogP) is 5.22. The Kier molecular flexibility index (Phi) is 4.15. The molecule has 0 heterocycles. The summed E-state index contributed by atoms with van der Waals surface area (Å²) in [6.45, 7) is 0.744. The fourth-order valence-electron chi connectivity index (χ4n) is 2.88. The van der Waals surface area contributed by atoms with Gasteiger partial charge >= 0.3 is 6.18 Å². The Morgan fingerprint density at radius 1 is 1.05 bits per heavy atom. The molecule has 2 atom stereocenters. The van der Waals surface area contributed by atoms with Gasteiger partial charge in [0.05, 0.1) is 5.56 Å². The molecule has 0 aromatic heterocycles. The number of nitrogens with one attached hydrogen (secondary N) is 1. The molecular weight excluding hydrogens is 311 g/mol. The molecule has 5 heteroatoms. The molecule has 1 aliphatic rings. The molecule has 1 fully saturated rings. The van der Waals surface area contributed by atoms with Crippen molar-refractivity contribution in [3.63, 3.8) is 0 Å². The second-order valence-electron chi connectivity index (χ2n) is 5.60. The molecule has 0 aliphatic heterocycles. The van der Waals surface area contributed by atoms with Gasteiger partial charge in [-0.2, -0.15) is 13.2 Å². The standard InChI is InChI=1S/C17H15ClF3N/c18-22-10-12-9-16(12)15-4-2-1-3-14(15)11-5-7-13(8-6-11)17(19,20)21/h1-8,12,16,22H,9-10H2. The second kappa shape index (κ2) is 5.94. The summed E-state index contributed by atoms with van der Waals surface area (Å²) in [6.07, 6.45) is -3.25. The Bertz CT molecular complexity index is 652. The van der Waals surface area contributed by atoms with Crippen LogP contribution in [0.4, 0.5) is 13.2 Å². The summed E-state index contributed by atoms with van der Waals surface area (Å²) in [5.41, 5.74) is 2.37. The molecule has 0 radical (unpaired) electrons. The van der Waals surface area contributed by atoms with Gasteiger partial charge in [-0.1, -0.05) is 36.4 Å². The summed E-state index contributed by atoms with van der Waals surface area (Å²) in [5.74, 6) is 0.915. The van der Waals surface area contributed by atoms with E-state index in [1.165, 1.54) is 5.56 Å². The lowest BCUT2D eigenvalue weighted by Gasteiger charge is -2.11. The van der Waals surface area contributed by atoms with Crippen LogP contribution < -0.4 is 4.84 Å². The van der Waals surface area contributed by atoms with Gasteiger partial charge in [-0.3, -0.25) is 0 Å². The van der Waals surface area contributed by atoms with Gasteiger partial charge in [-0.05, 0) is 58.9 Å². The lowest BCUT2D eigenvalue weighted by molar-refractivity contribution is -0.137. The molecule has 3 rings (SSSR count). The third-order valence-corrected chi connectivity index (χ3v) is 4.30. The largest absolute Gasteiger partial charge is 0.416 e. The minimum atomic E-state index is -4.30. The zero-order valence-corrected chi connectivity index (χ0v) is 12.5. The van der Waals surface area contributed by atoms with Crippen LogP contribution in [0.2, 0.25) is 0 Å². The quantitative estimate of drug-likeness (QED) is 0.760.